The maximum atomic E-state index is 11.9. The van der Waals surface area contributed by atoms with Gasteiger partial charge in [0.15, 0.2) is 0 Å². The van der Waals surface area contributed by atoms with Gasteiger partial charge in [0.05, 0.1) is 6.61 Å². The summed E-state index contributed by atoms with van der Waals surface area (Å²) in [5.41, 5.74) is 0. The molecule has 1 aliphatic heterocycles. The van der Waals surface area contributed by atoms with E-state index in [1.807, 2.05) is 6.92 Å². The molecule has 1 atom stereocenters. The molecule has 0 spiro atoms. The molecular weight excluding hydrogens is 189 g/mol. The van der Waals surface area contributed by atoms with E-state index in [-0.39, 0.29) is 5.78 Å². The summed E-state index contributed by atoms with van der Waals surface area (Å²) in [6.45, 7) is 5.05. The summed E-state index contributed by atoms with van der Waals surface area (Å²) < 4.78 is 18.8. The number of hydrogen-bond acceptors (Lipinski definition) is 3. The van der Waals surface area contributed by atoms with Crippen LogP contribution in [-0.2, 0) is 13.9 Å². The molecule has 0 aromatic carbocycles. The van der Waals surface area contributed by atoms with Gasteiger partial charge in [-0.3, -0.25) is 9.36 Å². The second-order valence-corrected chi connectivity index (χ2v) is 5.64. The van der Waals surface area contributed by atoms with Gasteiger partial charge in [-0.05, 0) is 6.92 Å². The number of ketones is 1. The Morgan fingerprint density at radius 3 is 2.46 bits per heavy atom. The van der Waals surface area contributed by atoms with E-state index >= 15 is 0 Å². The zero-order valence-corrected chi connectivity index (χ0v) is 9.05. The van der Waals surface area contributed by atoms with Crippen LogP contribution in [0.4, 0.5) is 0 Å². The van der Waals surface area contributed by atoms with Gasteiger partial charge in [0.25, 0.3) is 7.52 Å². The number of rotatable bonds is 3. The summed E-state index contributed by atoms with van der Waals surface area (Å²) in [7, 11) is -2.61. The van der Waals surface area contributed by atoms with Crippen LogP contribution in [0.3, 0.4) is 0 Å². The minimum absolute atomic E-state index is 0.257. The van der Waals surface area contributed by atoms with Crippen molar-refractivity contribution in [3.63, 3.8) is 0 Å². The Bertz CT molecular complexity index is 232. The van der Waals surface area contributed by atoms with Crippen LogP contribution in [0.5, 0.6) is 0 Å². The average molecular weight is 205 g/mol. The highest BCUT2D eigenvalue weighted by Gasteiger charge is 2.29. The standard InChI is InChI=1S/C8H16NO3P/c1-3-12-13(2,11)9-6-4-8(10)5-7-9/h3-7H2,1-2H3. The Morgan fingerprint density at radius 1 is 1.46 bits per heavy atom. The van der Waals surface area contributed by atoms with E-state index in [1.165, 1.54) is 0 Å². The highest BCUT2D eigenvalue weighted by Crippen LogP contribution is 2.47. The zero-order valence-electron chi connectivity index (χ0n) is 8.15. The monoisotopic (exact) mass is 205 g/mol. The van der Waals surface area contributed by atoms with Crippen LogP contribution >= 0.6 is 7.52 Å². The third-order valence-electron chi connectivity index (χ3n) is 2.18. The van der Waals surface area contributed by atoms with Crippen LogP contribution in [0.1, 0.15) is 19.8 Å². The third kappa shape index (κ3) is 2.90. The van der Waals surface area contributed by atoms with Gasteiger partial charge in [-0.25, -0.2) is 4.67 Å². The first-order chi connectivity index (χ1) is 6.06. The first-order valence-corrected chi connectivity index (χ1v) is 6.58. The minimum atomic E-state index is -2.61. The largest absolute Gasteiger partial charge is 0.318 e. The molecule has 0 bridgehead atoms. The van der Waals surface area contributed by atoms with Gasteiger partial charge < -0.3 is 4.52 Å². The van der Waals surface area contributed by atoms with E-state index in [0.29, 0.717) is 32.5 Å². The molecule has 5 heteroatoms. The van der Waals surface area contributed by atoms with E-state index < -0.39 is 7.52 Å². The quantitative estimate of drug-likeness (QED) is 0.655. The maximum absolute atomic E-state index is 11.9. The highest BCUT2D eigenvalue weighted by molar-refractivity contribution is 7.55. The van der Waals surface area contributed by atoms with Gasteiger partial charge in [0, 0.05) is 32.6 Å². The Kier molecular flexibility index (Phi) is 3.65. The molecule has 1 rings (SSSR count). The van der Waals surface area contributed by atoms with Crippen LogP contribution in [0, 0.1) is 0 Å². The number of piperidine rings is 1. The van der Waals surface area contributed by atoms with E-state index in [0.717, 1.165) is 0 Å². The molecule has 1 saturated heterocycles. The second-order valence-electron chi connectivity index (χ2n) is 3.21. The van der Waals surface area contributed by atoms with Gasteiger partial charge in [-0.15, -0.1) is 0 Å². The van der Waals surface area contributed by atoms with Crippen molar-refractivity contribution in [1.82, 2.24) is 4.67 Å². The van der Waals surface area contributed by atoms with Crippen molar-refractivity contribution >= 4 is 13.3 Å². The highest BCUT2D eigenvalue weighted by atomic mass is 31.2. The van der Waals surface area contributed by atoms with Crippen molar-refractivity contribution in [2.24, 2.45) is 0 Å². The molecule has 1 fully saturated rings. The third-order valence-corrected chi connectivity index (χ3v) is 4.34. The van der Waals surface area contributed by atoms with Crippen LogP contribution in [-0.4, -0.2) is 36.8 Å². The smallest absolute Gasteiger partial charge is 0.269 e. The molecule has 0 aromatic rings. The first kappa shape index (κ1) is 10.9. The van der Waals surface area contributed by atoms with E-state index in [4.69, 9.17) is 4.52 Å². The molecule has 1 heterocycles. The van der Waals surface area contributed by atoms with E-state index in [1.54, 1.807) is 11.3 Å². The lowest BCUT2D eigenvalue weighted by molar-refractivity contribution is -0.120. The molecule has 4 nitrogen and oxygen atoms in total. The van der Waals surface area contributed by atoms with E-state index in [9.17, 15) is 9.36 Å². The molecular formula is C8H16NO3P. The number of Topliss-reactive ketones (excluding diaryl/α,β-unsaturated/α-hetero) is 1. The summed E-state index contributed by atoms with van der Waals surface area (Å²) in [6.07, 6.45) is 1.01. The molecule has 0 aliphatic carbocycles. The van der Waals surface area contributed by atoms with Crippen molar-refractivity contribution in [3.8, 4) is 0 Å². The molecule has 0 aromatic heterocycles. The number of nitrogens with zero attached hydrogens (tertiary/aromatic N) is 1. The number of carbonyl (C=O) groups excluding carboxylic acids is 1. The van der Waals surface area contributed by atoms with Crippen molar-refractivity contribution < 1.29 is 13.9 Å². The van der Waals surface area contributed by atoms with Gasteiger partial charge in [-0.1, -0.05) is 0 Å². The maximum Gasteiger partial charge on any atom is 0.269 e. The molecule has 13 heavy (non-hydrogen) atoms. The van der Waals surface area contributed by atoms with Gasteiger partial charge in [-0.2, -0.15) is 0 Å². The summed E-state index contributed by atoms with van der Waals surface area (Å²) in [4.78, 5) is 10.9. The Labute approximate surface area is 78.8 Å². The molecule has 0 radical (unpaired) electrons. The summed E-state index contributed by atoms with van der Waals surface area (Å²) in [5.74, 6) is 0.257. The topological polar surface area (TPSA) is 46.6 Å². The molecule has 0 amide bonds. The Morgan fingerprint density at radius 2 is 2.00 bits per heavy atom. The van der Waals surface area contributed by atoms with Gasteiger partial charge in [0.1, 0.15) is 5.78 Å². The lowest BCUT2D eigenvalue weighted by atomic mass is 10.1. The van der Waals surface area contributed by atoms with Crippen molar-refractivity contribution in [2.75, 3.05) is 26.4 Å². The normalized spacial score (nSPS) is 24.3. The minimum Gasteiger partial charge on any atom is -0.318 e. The van der Waals surface area contributed by atoms with Crippen molar-refractivity contribution in [3.05, 3.63) is 0 Å². The van der Waals surface area contributed by atoms with Crippen LogP contribution in [0.25, 0.3) is 0 Å². The lowest BCUT2D eigenvalue weighted by Crippen LogP contribution is -2.31. The van der Waals surface area contributed by atoms with Crippen molar-refractivity contribution in [1.29, 1.82) is 0 Å². The molecule has 1 aliphatic rings. The predicted octanol–water partition coefficient (Wildman–Crippen LogP) is 1.51. The van der Waals surface area contributed by atoms with Crippen LogP contribution in [0.15, 0.2) is 0 Å². The Balaban J connectivity index is 2.52. The predicted molar refractivity (Wildman–Crippen MR) is 51.0 cm³/mol. The fourth-order valence-corrected chi connectivity index (χ4v) is 3.00. The van der Waals surface area contributed by atoms with Crippen LogP contribution < -0.4 is 0 Å². The lowest BCUT2D eigenvalue weighted by Gasteiger charge is -2.30. The fraction of sp³-hybridized carbons (Fsp3) is 0.875. The second kappa shape index (κ2) is 4.36. The summed E-state index contributed by atoms with van der Waals surface area (Å²) >= 11 is 0. The Hall–Kier alpha value is -0.180. The number of hydrogen-bond donors (Lipinski definition) is 0. The average Bonchev–Trinajstić information content (AvgIpc) is 2.05. The fourth-order valence-electron chi connectivity index (χ4n) is 1.43. The van der Waals surface area contributed by atoms with Gasteiger partial charge in [0.2, 0.25) is 0 Å². The van der Waals surface area contributed by atoms with E-state index in [2.05, 4.69) is 0 Å². The molecule has 0 N–H and O–H groups in total. The number of carbonyl (C=O) groups is 1. The van der Waals surface area contributed by atoms with Gasteiger partial charge >= 0.3 is 0 Å². The molecule has 0 saturated carbocycles. The first-order valence-electron chi connectivity index (χ1n) is 4.55. The molecule has 1 unspecified atom stereocenters. The van der Waals surface area contributed by atoms with Crippen LogP contribution in [0.2, 0.25) is 0 Å². The summed E-state index contributed by atoms with van der Waals surface area (Å²) in [6, 6.07) is 0. The summed E-state index contributed by atoms with van der Waals surface area (Å²) in [5, 5.41) is 0. The molecule has 76 valence electrons. The SMILES string of the molecule is CCOP(C)(=O)N1CCC(=O)CC1. The zero-order chi connectivity index (χ0) is 9.90. The van der Waals surface area contributed by atoms with Crippen molar-refractivity contribution in [2.45, 2.75) is 19.8 Å².